The molecule has 1 aliphatic rings. The van der Waals surface area contributed by atoms with Crippen LogP contribution >= 0.6 is 0 Å². The average Bonchev–Trinajstić information content (AvgIpc) is 3.17. The van der Waals surface area contributed by atoms with E-state index in [2.05, 4.69) is 46.9 Å². The fraction of sp³-hybridized carbons (Fsp3) is 0.417. The quantitative estimate of drug-likeness (QED) is 0.154. The fourth-order valence-electron chi connectivity index (χ4n) is 4.44. The van der Waals surface area contributed by atoms with E-state index in [-0.39, 0.29) is 18.1 Å². The predicted octanol–water partition coefficient (Wildman–Crippen LogP) is 2.89. The molecule has 0 saturated carbocycles. The minimum absolute atomic E-state index is 0.101. The van der Waals surface area contributed by atoms with Gasteiger partial charge in [0.05, 0.1) is 29.9 Å². The highest BCUT2D eigenvalue weighted by atomic mass is 16.3. The Kier molecular flexibility index (Phi) is 6.74. The molecule has 0 aromatic heterocycles. The molecule has 0 atom stereocenters. The Morgan fingerprint density at radius 1 is 0.938 bits per heavy atom. The second-order valence-electron chi connectivity index (χ2n) is 8.02. The van der Waals surface area contributed by atoms with Gasteiger partial charge in [0.25, 0.3) is 0 Å². The number of likely N-dealkylation sites (N-methyl/N-ethyl adjacent to an activating group) is 1. The van der Waals surface area contributed by atoms with Crippen LogP contribution in [0.25, 0.3) is 21.5 Å². The van der Waals surface area contributed by atoms with E-state index >= 15 is 0 Å². The predicted molar refractivity (Wildman–Crippen MR) is 132 cm³/mol. The van der Waals surface area contributed by atoms with Crippen LogP contribution in [0.5, 0.6) is 11.5 Å². The van der Waals surface area contributed by atoms with Crippen LogP contribution in [-0.4, -0.2) is 72.6 Å². The maximum atomic E-state index is 10.6. The van der Waals surface area contributed by atoms with Gasteiger partial charge in [-0.15, -0.1) is 0 Å². The first-order valence-corrected chi connectivity index (χ1v) is 11.3. The molecule has 0 saturated heterocycles. The molecule has 0 spiro atoms. The molecular weight excluding hydrogens is 406 g/mol. The number of aromatic hydroxyl groups is 2. The molecule has 3 aromatic rings. The maximum Gasteiger partial charge on any atom is 0.125 e. The SMILES string of the molecule is CCN(CC)CCNc1ccc2c3c(c4c(O)ccc(O)c4cc13)NN2CCNCCO. The summed E-state index contributed by atoms with van der Waals surface area (Å²) >= 11 is 0. The number of anilines is 3. The number of rotatable bonds is 11. The number of aliphatic hydroxyl groups excluding tert-OH is 1. The summed E-state index contributed by atoms with van der Waals surface area (Å²) in [6, 6.07) is 9.18. The van der Waals surface area contributed by atoms with Crippen LogP contribution in [0.2, 0.25) is 0 Å². The van der Waals surface area contributed by atoms with Gasteiger partial charge in [-0.1, -0.05) is 13.8 Å². The van der Waals surface area contributed by atoms with Crippen molar-refractivity contribution in [1.29, 1.82) is 0 Å². The number of nitrogens with zero attached hydrogens (tertiary/aromatic N) is 2. The van der Waals surface area contributed by atoms with Crippen molar-refractivity contribution in [2.45, 2.75) is 13.8 Å². The Labute approximate surface area is 188 Å². The molecular formula is C24H33N5O3. The van der Waals surface area contributed by atoms with Crippen LogP contribution in [0.1, 0.15) is 13.8 Å². The smallest absolute Gasteiger partial charge is 0.125 e. The second-order valence-corrected chi connectivity index (χ2v) is 8.02. The number of aliphatic hydroxyl groups is 1. The summed E-state index contributed by atoms with van der Waals surface area (Å²) in [6.07, 6.45) is 0. The first-order chi connectivity index (χ1) is 15.6. The van der Waals surface area contributed by atoms with E-state index < -0.39 is 0 Å². The highest BCUT2D eigenvalue weighted by molar-refractivity contribution is 6.23. The van der Waals surface area contributed by atoms with Crippen molar-refractivity contribution < 1.29 is 15.3 Å². The minimum Gasteiger partial charge on any atom is -0.507 e. The molecule has 0 aliphatic carbocycles. The summed E-state index contributed by atoms with van der Waals surface area (Å²) in [5, 5.41) is 42.3. The summed E-state index contributed by atoms with van der Waals surface area (Å²) in [6.45, 7) is 10.2. The van der Waals surface area contributed by atoms with Crippen molar-refractivity contribution in [2.24, 2.45) is 0 Å². The molecule has 172 valence electrons. The highest BCUT2D eigenvalue weighted by Gasteiger charge is 2.26. The molecule has 0 bridgehead atoms. The molecule has 0 unspecified atom stereocenters. The van der Waals surface area contributed by atoms with E-state index in [1.807, 2.05) is 11.1 Å². The summed E-state index contributed by atoms with van der Waals surface area (Å²) in [7, 11) is 0. The fourth-order valence-corrected chi connectivity index (χ4v) is 4.44. The van der Waals surface area contributed by atoms with Gasteiger partial charge in [0.2, 0.25) is 0 Å². The van der Waals surface area contributed by atoms with E-state index in [0.717, 1.165) is 54.0 Å². The summed E-state index contributed by atoms with van der Waals surface area (Å²) < 4.78 is 0. The number of nitrogens with one attached hydrogen (secondary N) is 3. The average molecular weight is 440 g/mol. The standard InChI is InChI=1S/C24H33N5O3/c1-3-28(4-2)12-10-26-18-5-6-19-22-16(18)15-17-20(31)7-8-21(32)23(17)24(22)27-29(19)13-9-25-11-14-30/h5-8,15,25-27,30-32H,3-4,9-14H2,1-2H3. The third-order valence-electron chi connectivity index (χ3n) is 6.19. The van der Waals surface area contributed by atoms with Crippen LogP contribution < -0.4 is 21.1 Å². The van der Waals surface area contributed by atoms with Crippen molar-refractivity contribution in [3.05, 3.63) is 30.3 Å². The van der Waals surface area contributed by atoms with E-state index in [1.54, 1.807) is 0 Å². The Hall–Kier alpha value is -2.94. The number of fused-ring (bicyclic) bond motifs is 2. The Morgan fingerprint density at radius 2 is 1.72 bits per heavy atom. The number of hydrazine groups is 1. The van der Waals surface area contributed by atoms with Gasteiger partial charge in [0, 0.05) is 48.0 Å². The largest absolute Gasteiger partial charge is 0.507 e. The third-order valence-corrected chi connectivity index (χ3v) is 6.19. The van der Waals surface area contributed by atoms with Crippen LogP contribution in [0.15, 0.2) is 30.3 Å². The number of phenols is 2. The first kappa shape index (κ1) is 22.3. The lowest BCUT2D eigenvalue weighted by Crippen LogP contribution is -2.35. The van der Waals surface area contributed by atoms with Gasteiger partial charge in [0.15, 0.2) is 0 Å². The van der Waals surface area contributed by atoms with Crippen LogP contribution in [0.3, 0.4) is 0 Å². The van der Waals surface area contributed by atoms with Crippen LogP contribution in [-0.2, 0) is 0 Å². The molecule has 4 rings (SSSR count). The van der Waals surface area contributed by atoms with E-state index in [9.17, 15) is 10.2 Å². The van der Waals surface area contributed by atoms with Gasteiger partial charge in [0.1, 0.15) is 11.5 Å². The van der Waals surface area contributed by atoms with E-state index in [0.29, 0.717) is 30.4 Å². The Balaban J connectivity index is 1.75. The normalized spacial score (nSPS) is 12.8. The van der Waals surface area contributed by atoms with Gasteiger partial charge >= 0.3 is 0 Å². The second kappa shape index (κ2) is 9.68. The molecule has 32 heavy (non-hydrogen) atoms. The first-order valence-electron chi connectivity index (χ1n) is 11.3. The van der Waals surface area contributed by atoms with Crippen molar-refractivity contribution in [1.82, 2.24) is 10.2 Å². The van der Waals surface area contributed by atoms with Crippen molar-refractivity contribution in [3.8, 4) is 11.5 Å². The lowest BCUT2D eigenvalue weighted by molar-refractivity contribution is 0.293. The molecule has 3 aromatic carbocycles. The molecule has 0 fully saturated rings. The number of hydrogen-bond donors (Lipinski definition) is 6. The van der Waals surface area contributed by atoms with Gasteiger partial charge in [-0.2, -0.15) is 0 Å². The molecule has 1 aliphatic heterocycles. The van der Waals surface area contributed by atoms with Crippen molar-refractivity contribution in [3.63, 3.8) is 0 Å². The summed E-state index contributed by atoms with van der Waals surface area (Å²) in [5.74, 6) is 0.272. The van der Waals surface area contributed by atoms with E-state index in [4.69, 9.17) is 5.11 Å². The molecule has 8 heteroatoms. The van der Waals surface area contributed by atoms with Gasteiger partial charge in [-0.25, -0.2) is 0 Å². The van der Waals surface area contributed by atoms with Crippen molar-refractivity contribution in [2.75, 3.05) is 68.2 Å². The Bertz CT molecular complexity index is 1100. The molecule has 1 heterocycles. The topological polar surface area (TPSA) is 103 Å². The highest BCUT2D eigenvalue weighted by Crippen LogP contribution is 2.49. The molecule has 0 radical (unpaired) electrons. The van der Waals surface area contributed by atoms with Crippen LogP contribution in [0, 0.1) is 0 Å². The number of phenolic OH excluding ortho intramolecular Hbond substituents is 2. The van der Waals surface area contributed by atoms with Crippen molar-refractivity contribution >= 4 is 38.6 Å². The Morgan fingerprint density at radius 3 is 2.47 bits per heavy atom. The number of hydrogen-bond acceptors (Lipinski definition) is 8. The lowest BCUT2D eigenvalue weighted by atomic mass is 9.98. The number of benzene rings is 3. The van der Waals surface area contributed by atoms with Gasteiger partial charge < -0.3 is 30.9 Å². The summed E-state index contributed by atoms with van der Waals surface area (Å²) in [4.78, 5) is 2.37. The van der Waals surface area contributed by atoms with E-state index in [1.165, 1.54) is 12.1 Å². The monoisotopic (exact) mass is 439 g/mol. The third kappa shape index (κ3) is 4.09. The maximum absolute atomic E-state index is 10.6. The zero-order chi connectivity index (χ0) is 22.7. The lowest BCUT2D eigenvalue weighted by Gasteiger charge is -2.21. The zero-order valence-corrected chi connectivity index (χ0v) is 18.8. The minimum atomic E-state index is 0.101. The van der Waals surface area contributed by atoms with Gasteiger partial charge in [-0.05, 0) is 43.4 Å². The molecule has 0 amide bonds. The molecule has 8 nitrogen and oxygen atoms in total. The van der Waals surface area contributed by atoms with Crippen LogP contribution in [0.4, 0.5) is 17.1 Å². The van der Waals surface area contributed by atoms with Gasteiger partial charge in [-0.3, -0.25) is 10.4 Å². The summed E-state index contributed by atoms with van der Waals surface area (Å²) in [5.41, 5.74) is 6.27. The zero-order valence-electron chi connectivity index (χ0n) is 18.8. The molecule has 6 N–H and O–H groups in total.